The van der Waals surface area contributed by atoms with Gasteiger partial charge in [-0.2, -0.15) is 0 Å². The summed E-state index contributed by atoms with van der Waals surface area (Å²) < 4.78 is 33.6. The standard InChI is InChI=1S/C15H12ClFO2S/c16-13-6-4-12(5-7-13)15(20(18)19)10-3-11-1-8-14(17)9-2-11/h1-10,15H,(H,18,19). The molecule has 0 saturated carbocycles. The molecule has 0 heterocycles. The number of halogens is 2. The smallest absolute Gasteiger partial charge is 0.164 e. The van der Waals surface area contributed by atoms with Crippen molar-refractivity contribution in [2.75, 3.05) is 0 Å². The average Bonchev–Trinajstić information content (AvgIpc) is 2.43. The predicted molar refractivity (Wildman–Crippen MR) is 80.4 cm³/mol. The van der Waals surface area contributed by atoms with Gasteiger partial charge in [0.25, 0.3) is 0 Å². The minimum atomic E-state index is -2.04. The van der Waals surface area contributed by atoms with Gasteiger partial charge in [0.1, 0.15) is 11.1 Å². The van der Waals surface area contributed by atoms with Gasteiger partial charge in [-0.05, 0) is 35.4 Å². The molecular formula is C15H12ClFO2S. The fourth-order valence-electron chi connectivity index (χ4n) is 1.72. The number of hydrogen-bond donors (Lipinski definition) is 1. The Bertz CT molecular complexity index is 623. The lowest BCUT2D eigenvalue weighted by atomic mass is 10.1. The maximum absolute atomic E-state index is 12.8. The van der Waals surface area contributed by atoms with Gasteiger partial charge < -0.3 is 4.55 Å². The van der Waals surface area contributed by atoms with Crippen molar-refractivity contribution in [3.05, 3.63) is 76.6 Å². The first-order chi connectivity index (χ1) is 9.56. The highest BCUT2D eigenvalue weighted by molar-refractivity contribution is 7.79. The van der Waals surface area contributed by atoms with E-state index in [0.29, 0.717) is 10.6 Å². The summed E-state index contributed by atoms with van der Waals surface area (Å²) in [7, 11) is 0. The summed E-state index contributed by atoms with van der Waals surface area (Å²) in [6.07, 6.45) is 3.30. The van der Waals surface area contributed by atoms with E-state index in [0.717, 1.165) is 5.56 Å². The normalized spacial score (nSPS) is 14.3. The van der Waals surface area contributed by atoms with Crippen LogP contribution in [0, 0.1) is 5.82 Å². The maximum atomic E-state index is 12.8. The zero-order valence-corrected chi connectivity index (χ0v) is 11.9. The van der Waals surface area contributed by atoms with Crippen LogP contribution < -0.4 is 0 Å². The van der Waals surface area contributed by atoms with Crippen molar-refractivity contribution < 1.29 is 13.2 Å². The summed E-state index contributed by atoms with van der Waals surface area (Å²) in [6, 6.07) is 12.6. The van der Waals surface area contributed by atoms with Gasteiger partial charge in [-0.25, -0.2) is 8.60 Å². The summed E-state index contributed by atoms with van der Waals surface area (Å²) in [5.41, 5.74) is 1.45. The Kier molecular flexibility index (Phi) is 5.06. The minimum absolute atomic E-state index is 0.317. The Morgan fingerprint density at radius 2 is 1.70 bits per heavy atom. The van der Waals surface area contributed by atoms with Gasteiger partial charge in [0.15, 0.2) is 11.1 Å². The largest absolute Gasteiger partial charge is 0.305 e. The van der Waals surface area contributed by atoms with Gasteiger partial charge in [-0.1, -0.05) is 48.0 Å². The quantitative estimate of drug-likeness (QED) is 0.847. The fourth-order valence-corrected chi connectivity index (χ4v) is 2.45. The Balaban J connectivity index is 2.23. The molecule has 0 radical (unpaired) electrons. The number of benzene rings is 2. The molecule has 5 heteroatoms. The molecule has 2 aromatic carbocycles. The minimum Gasteiger partial charge on any atom is -0.305 e. The summed E-state index contributed by atoms with van der Waals surface area (Å²) in [6.45, 7) is 0. The lowest BCUT2D eigenvalue weighted by molar-refractivity contribution is 0.558. The average molecular weight is 311 g/mol. The monoisotopic (exact) mass is 310 g/mol. The molecule has 2 unspecified atom stereocenters. The first kappa shape index (κ1) is 14.9. The van der Waals surface area contributed by atoms with Crippen LogP contribution in [-0.4, -0.2) is 8.76 Å². The van der Waals surface area contributed by atoms with Crippen LogP contribution in [0.5, 0.6) is 0 Å². The van der Waals surface area contributed by atoms with Crippen molar-refractivity contribution in [1.82, 2.24) is 0 Å². The fraction of sp³-hybridized carbons (Fsp3) is 0.0667. The molecule has 0 aromatic heterocycles. The van der Waals surface area contributed by atoms with E-state index >= 15 is 0 Å². The van der Waals surface area contributed by atoms with Crippen LogP contribution >= 0.6 is 11.6 Å². The maximum Gasteiger partial charge on any atom is 0.164 e. The second-order valence-corrected chi connectivity index (χ2v) is 5.66. The molecule has 2 nitrogen and oxygen atoms in total. The van der Waals surface area contributed by atoms with E-state index in [-0.39, 0.29) is 5.82 Å². The van der Waals surface area contributed by atoms with Gasteiger partial charge in [0, 0.05) is 5.02 Å². The van der Waals surface area contributed by atoms with Crippen LogP contribution in [0.4, 0.5) is 4.39 Å². The van der Waals surface area contributed by atoms with E-state index < -0.39 is 16.3 Å². The lowest BCUT2D eigenvalue weighted by Gasteiger charge is -2.08. The number of hydrogen-bond acceptors (Lipinski definition) is 1. The van der Waals surface area contributed by atoms with E-state index in [1.165, 1.54) is 12.1 Å². The van der Waals surface area contributed by atoms with Crippen molar-refractivity contribution in [2.24, 2.45) is 0 Å². The molecule has 104 valence electrons. The van der Waals surface area contributed by atoms with Crippen LogP contribution in [0.1, 0.15) is 16.4 Å². The van der Waals surface area contributed by atoms with Crippen LogP contribution in [-0.2, 0) is 11.1 Å². The molecule has 0 fully saturated rings. The molecule has 20 heavy (non-hydrogen) atoms. The molecule has 0 aliphatic carbocycles. The van der Waals surface area contributed by atoms with E-state index in [4.69, 9.17) is 11.6 Å². The van der Waals surface area contributed by atoms with Crippen molar-refractivity contribution in [3.8, 4) is 0 Å². The zero-order valence-electron chi connectivity index (χ0n) is 10.4. The third kappa shape index (κ3) is 4.00. The number of rotatable bonds is 4. The summed E-state index contributed by atoms with van der Waals surface area (Å²) in [5, 5.41) is -0.0870. The van der Waals surface area contributed by atoms with E-state index in [9.17, 15) is 13.2 Å². The Morgan fingerprint density at radius 3 is 2.25 bits per heavy atom. The molecule has 2 atom stereocenters. The summed E-state index contributed by atoms with van der Waals surface area (Å²) in [5.74, 6) is -0.317. The molecule has 0 amide bonds. The second-order valence-electron chi connectivity index (χ2n) is 4.16. The van der Waals surface area contributed by atoms with Crippen LogP contribution in [0.3, 0.4) is 0 Å². The predicted octanol–water partition coefficient (Wildman–Crippen LogP) is 4.46. The SMILES string of the molecule is O=S(O)C(C=Cc1ccc(F)cc1)c1ccc(Cl)cc1. The van der Waals surface area contributed by atoms with Crippen molar-refractivity contribution in [3.63, 3.8) is 0 Å². The van der Waals surface area contributed by atoms with Gasteiger partial charge in [-0.3, -0.25) is 0 Å². The zero-order chi connectivity index (χ0) is 14.5. The highest BCUT2D eigenvalue weighted by atomic mass is 35.5. The van der Waals surface area contributed by atoms with Gasteiger partial charge >= 0.3 is 0 Å². The van der Waals surface area contributed by atoms with Gasteiger partial charge in [0.05, 0.1) is 0 Å². The highest BCUT2D eigenvalue weighted by Gasteiger charge is 2.13. The topological polar surface area (TPSA) is 37.3 Å². The van der Waals surface area contributed by atoms with Gasteiger partial charge in [0.2, 0.25) is 0 Å². The van der Waals surface area contributed by atoms with Crippen molar-refractivity contribution in [1.29, 1.82) is 0 Å². The van der Waals surface area contributed by atoms with Crippen molar-refractivity contribution in [2.45, 2.75) is 5.25 Å². The molecule has 0 saturated heterocycles. The van der Waals surface area contributed by atoms with Gasteiger partial charge in [-0.15, -0.1) is 0 Å². The summed E-state index contributed by atoms with van der Waals surface area (Å²) >= 11 is 3.75. The van der Waals surface area contributed by atoms with E-state index in [1.807, 2.05) is 0 Å². The first-order valence-electron chi connectivity index (χ1n) is 5.85. The van der Waals surface area contributed by atoms with E-state index in [1.54, 1.807) is 48.6 Å². The molecule has 2 rings (SSSR count). The Hall–Kier alpha value is -1.49. The molecule has 0 aliphatic heterocycles. The van der Waals surface area contributed by atoms with Crippen LogP contribution in [0.25, 0.3) is 6.08 Å². The summed E-state index contributed by atoms with van der Waals surface area (Å²) in [4.78, 5) is 0. The van der Waals surface area contributed by atoms with Crippen LogP contribution in [0.2, 0.25) is 5.02 Å². The molecule has 0 bridgehead atoms. The molecular weight excluding hydrogens is 299 g/mol. The van der Waals surface area contributed by atoms with Crippen LogP contribution in [0.15, 0.2) is 54.6 Å². The third-order valence-corrected chi connectivity index (χ3v) is 3.86. The molecule has 2 aromatic rings. The Morgan fingerprint density at radius 1 is 1.10 bits per heavy atom. The van der Waals surface area contributed by atoms with E-state index in [2.05, 4.69) is 0 Å². The highest BCUT2D eigenvalue weighted by Crippen LogP contribution is 2.23. The lowest BCUT2D eigenvalue weighted by Crippen LogP contribution is -2.02. The van der Waals surface area contributed by atoms with Crippen molar-refractivity contribution >= 4 is 28.8 Å². The molecule has 0 spiro atoms. The second kappa shape index (κ2) is 6.79. The molecule has 1 N–H and O–H groups in total. The molecule has 0 aliphatic rings. The third-order valence-electron chi connectivity index (χ3n) is 2.75. The first-order valence-corrected chi connectivity index (χ1v) is 7.40. The Labute approximate surface area is 124 Å².